The maximum absolute atomic E-state index is 13.6. The van der Waals surface area contributed by atoms with Crippen LogP contribution in [0.15, 0.2) is 48.5 Å². The van der Waals surface area contributed by atoms with Crippen LogP contribution in [0.4, 0.5) is 11.4 Å². The average molecular weight is 477 g/mol. The smallest absolute Gasteiger partial charge is 0.359 e. The number of anilines is 2. The van der Waals surface area contributed by atoms with E-state index in [4.69, 9.17) is 4.74 Å². The Bertz CT molecular complexity index is 1230. The number of fused-ring (bicyclic) bond motifs is 1. The van der Waals surface area contributed by atoms with E-state index in [0.717, 1.165) is 12.8 Å². The van der Waals surface area contributed by atoms with Crippen LogP contribution in [0.3, 0.4) is 0 Å². The molecule has 9 nitrogen and oxygen atoms in total. The molecule has 0 aliphatic carbocycles. The first-order valence-electron chi connectivity index (χ1n) is 11.7. The predicted octanol–water partition coefficient (Wildman–Crippen LogP) is 4.09. The average Bonchev–Trinajstić information content (AvgIpc) is 3.25. The third-order valence-corrected chi connectivity index (χ3v) is 5.80. The highest BCUT2D eigenvalue weighted by atomic mass is 16.5. The number of phenols is 1. The Morgan fingerprint density at radius 1 is 1.06 bits per heavy atom. The highest BCUT2D eigenvalue weighted by Gasteiger charge is 2.35. The summed E-state index contributed by atoms with van der Waals surface area (Å²) in [5.41, 5.74) is 2.81. The van der Waals surface area contributed by atoms with Crippen LogP contribution in [0.5, 0.6) is 5.75 Å². The van der Waals surface area contributed by atoms with Crippen LogP contribution in [0.1, 0.15) is 59.7 Å². The topological polar surface area (TPSA) is 114 Å². The second kappa shape index (κ2) is 10.4. The molecule has 0 saturated carbocycles. The van der Waals surface area contributed by atoms with Crippen molar-refractivity contribution in [3.8, 4) is 11.4 Å². The number of aromatic nitrogens is 2. The van der Waals surface area contributed by atoms with Crippen molar-refractivity contribution < 1.29 is 24.2 Å². The number of aromatic hydroxyl groups is 1. The van der Waals surface area contributed by atoms with E-state index in [2.05, 4.69) is 10.4 Å². The standard InChI is InChI=1S/C26H28N4O5/c1-3-5-6-22(32)27-17-7-9-18(10-8-17)29-16-15-21-23(26(34)35-4-2)28-30(24(21)25(29)33)19-11-13-20(31)14-12-19/h7-14,31H,3-6,15-16H2,1-2H3,(H,27,32). The Kier molecular flexibility index (Phi) is 7.14. The summed E-state index contributed by atoms with van der Waals surface area (Å²) in [6, 6.07) is 13.3. The number of hydrogen-bond acceptors (Lipinski definition) is 6. The van der Waals surface area contributed by atoms with Gasteiger partial charge in [-0.25, -0.2) is 9.48 Å². The number of amides is 2. The number of rotatable bonds is 8. The zero-order valence-electron chi connectivity index (χ0n) is 19.8. The van der Waals surface area contributed by atoms with Crippen molar-refractivity contribution in [2.75, 3.05) is 23.4 Å². The van der Waals surface area contributed by atoms with Crippen LogP contribution in [0, 0.1) is 0 Å². The summed E-state index contributed by atoms with van der Waals surface area (Å²) >= 11 is 0. The van der Waals surface area contributed by atoms with Gasteiger partial charge in [-0.3, -0.25) is 9.59 Å². The van der Waals surface area contributed by atoms with Gasteiger partial charge < -0.3 is 20.1 Å². The normalized spacial score (nSPS) is 12.9. The van der Waals surface area contributed by atoms with Gasteiger partial charge in [0.05, 0.1) is 12.3 Å². The fourth-order valence-electron chi connectivity index (χ4n) is 4.04. The number of unbranched alkanes of at least 4 members (excludes halogenated alkanes) is 1. The molecule has 0 spiro atoms. The van der Waals surface area contributed by atoms with E-state index in [1.54, 1.807) is 48.2 Å². The van der Waals surface area contributed by atoms with Crippen molar-refractivity contribution in [3.63, 3.8) is 0 Å². The van der Waals surface area contributed by atoms with Crippen LogP contribution in [-0.4, -0.2) is 45.8 Å². The van der Waals surface area contributed by atoms with E-state index in [9.17, 15) is 19.5 Å². The van der Waals surface area contributed by atoms with Crippen molar-refractivity contribution in [2.24, 2.45) is 0 Å². The first kappa shape index (κ1) is 24.0. The fourth-order valence-corrected chi connectivity index (χ4v) is 4.04. The minimum Gasteiger partial charge on any atom is -0.508 e. The summed E-state index contributed by atoms with van der Waals surface area (Å²) in [4.78, 5) is 39.8. The molecule has 4 rings (SSSR count). The molecule has 2 aromatic carbocycles. The quantitative estimate of drug-likeness (QED) is 0.474. The largest absolute Gasteiger partial charge is 0.508 e. The molecule has 1 aliphatic rings. The van der Waals surface area contributed by atoms with Gasteiger partial charge in [0.1, 0.15) is 11.4 Å². The highest BCUT2D eigenvalue weighted by Crippen LogP contribution is 2.30. The third kappa shape index (κ3) is 5.03. The monoisotopic (exact) mass is 476 g/mol. The van der Waals surface area contributed by atoms with E-state index in [1.165, 1.54) is 16.8 Å². The van der Waals surface area contributed by atoms with Crippen LogP contribution in [0.25, 0.3) is 5.69 Å². The lowest BCUT2D eigenvalue weighted by molar-refractivity contribution is -0.116. The Labute approximate surface area is 203 Å². The van der Waals surface area contributed by atoms with Crippen molar-refractivity contribution in [1.82, 2.24) is 9.78 Å². The van der Waals surface area contributed by atoms with Gasteiger partial charge >= 0.3 is 5.97 Å². The van der Waals surface area contributed by atoms with E-state index in [0.29, 0.717) is 42.0 Å². The van der Waals surface area contributed by atoms with Gasteiger partial charge in [-0.1, -0.05) is 13.3 Å². The van der Waals surface area contributed by atoms with Gasteiger partial charge in [-0.05, 0) is 68.3 Å². The molecule has 35 heavy (non-hydrogen) atoms. The number of carbonyl (C=O) groups is 3. The third-order valence-electron chi connectivity index (χ3n) is 5.80. The summed E-state index contributed by atoms with van der Waals surface area (Å²) in [7, 11) is 0. The lowest BCUT2D eigenvalue weighted by Gasteiger charge is -2.28. The molecule has 0 unspecified atom stereocenters. The molecular formula is C26H28N4O5. The van der Waals surface area contributed by atoms with Gasteiger partial charge in [0.15, 0.2) is 5.69 Å². The molecule has 182 valence electrons. The van der Waals surface area contributed by atoms with Crippen molar-refractivity contribution in [2.45, 2.75) is 39.5 Å². The van der Waals surface area contributed by atoms with Gasteiger partial charge in [0, 0.05) is 29.9 Å². The van der Waals surface area contributed by atoms with Crippen LogP contribution in [-0.2, 0) is 16.0 Å². The van der Waals surface area contributed by atoms with Crippen LogP contribution < -0.4 is 10.2 Å². The number of phenolic OH excluding ortho intramolecular Hbond substituents is 1. The Morgan fingerprint density at radius 2 is 1.74 bits per heavy atom. The van der Waals surface area contributed by atoms with Gasteiger partial charge in [-0.15, -0.1) is 0 Å². The number of esters is 1. The van der Waals surface area contributed by atoms with Gasteiger partial charge in [0.25, 0.3) is 5.91 Å². The number of benzene rings is 2. The molecule has 2 N–H and O–H groups in total. The first-order chi connectivity index (χ1) is 16.9. The van der Waals surface area contributed by atoms with Gasteiger partial charge in [-0.2, -0.15) is 5.10 Å². The zero-order valence-corrected chi connectivity index (χ0v) is 19.8. The SMILES string of the molecule is CCCCC(=O)Nc1ccc(N2CCc3c(C(=O)OCC)nn(-c4ccc(O)cc4)c3C2=O)cc1. The molecule has 1 aromatic heterocycles. The highest BCUT2D eigenvalue weighted by molar-refractivity contribution is 6.09. The molecular weight excluding hydrogens is 448 g/mol. The van der Waals surface area contributed by atoms with E-state index in [1.807, 2.05) is 6.92 Å². The summed E-state index contributed by atoms with van der Waals surface area (Å²) in [6.07, 6.45) is 2.67. The van der Waals surface area contributed by atoms with Gasteiger partial charge in [0.2, 0.25) is 5.91 Å². The first-order valence-corrected chi connectivity index (χ1v) is 11.7. The second-order valence-electron chi connectivity index (χ2n) is 8.23. The minimum absolute atomic E-state index is 0.0393. The number of carbonyl (C=O) groups excluding carboxylic acids is 3. The Hall–Kier alpha value is -4.14. The van der Waals surface area contributed by atoms with Crippen molar-refractivity contribution in [1.29, 1.82) is 0 Å². The molecule has 2 amide bonds. The number of hydrogen-bond donors (Lipinski definition) is 2. The molecule has 1 aliphatic heterocycles. The lowest BCUT2D eigenvalue weighted by Crippen LogP contribution is -2.39. The fraction of sp³-hybridized carbons (Fsp3) is 0.308. The molecule has 2 heterocycles. The van der Waals surface area contributed by atoms with E-state index >= 15 is 0 Å². The van der Waals surface area contributed by atoms with Crippen LogP contribution in [0.2, 0.25) is 0 Å². The molecule has 0 fully saturated rings. The van der Waals surface area contributed by atoms with Crippen LogP contribution >= 0.6 is 0 Å². The maximum atomic E-state index is 13.6. The summed E-state index contributed by atoms with van der Waals surface area (Å²) in [5, 5.41) is 17.0. The molecule has 0 saturated heterocycles. The molecule has 9 heteroatoms. The summed E-state index contributed by atoms with van der Waals surface area (Å²) in [5.74, 6) is -0.842. The summed E-state index contributed by atoms with van der Waals surface area (Å²) in [6.45, 7) is 4.30. The Balaban J connectivity index is 1.65. The van der Waals surface area contributed by atoms with E-state index in [-0.39, 0.29) is 35.6 Å². The molecule has 0 radical (unpaired) electrons. The van der Waals surface area contributed by atoms with Crippen molar-refractivity contribution >= 4 is 29.2 Å². The molecule has 0 atom stereocenters. The molecule has 3 aromatic rings. The minimum atomic E-state index is -0.578. The maximum Gasteiger partial charge on any atom is 0.359 e. The summed E-state index contributed by atoms with van der Waals surface area (Å²) < 4.78 is 6.59. The second-order valence-corrected chi connectivity index (χ2v) is 8.23. The number of ether oxygens (including phenoxy) is 1. The Morgan fingerprint density at radius 3 is 2.40 bits per heavy atom. The number of nitrogens with one attached hydrogen (secondary N) is 1. The van der Waals surface area contributed by atoms with Crippen molar-refractivity contribution in [3.05, 3.63) is 65.5 Å². The number of nitrogens with zero attached hydrogens (tertiary/aromatic N) is 3. The molecule has 0 bridgehead atoms. The zero-order chi connectivity index (χ0) is 24.9. The van der Waals surface area contributed by atoms with E-state index < -0.39 is 5.97 Å². The predicted molar refractivity (Wildman–Crippen MR) is 131 cm³/mol. The lowest BCUT2D eigenvalue weighted by atomic mass is 10.0.